The lowest BCUT2D eigenvalue weighted by molar-refractivity contribution is -0.0450. The predicted octanol–water partition coefficient (Wildman–Crippen LogP) is 11.7. The summed E-state index contributed by atoms with van der Waals surface area (Å²) in [5, 5.41) is 40.1. The molecule has 33 nitrogen and oxygen atoms in total. The lowest BCUT2D eigenvalue weighted by Gasteiger charge is -2.37. The Hall–Kier alpha value is -6.04. The minimum Gasteiger partial charge on any atom is -0.394 e. The van der Waals surface area contributed by atoms with E-state index in [1.54, 1.807) is 45.5 Å². The number of ether oxygens (including phenoxy) is 4. The van der Waals surface area contributed by atoms with Gasteiger partial charge in [0, 0.05) is 34.4 Å². The topological polar surface area (TPSA) is 431 Å². The highest BCUT2D eigenvalue weighted by Gasteiger charge is 2.50. The number of aliphatic hydroxyl groups excluding tert-OH is 4. The number of aromatic nitrogens is 16. The van der Waals surface area contributed by atoms with Crippen LogP contribution in [0.3, 0.4) is 0 Å². The number of halogens is 1. The fourth-order valence-electron chi connectivity index (χ4n) is 12.5. The van der Waals surface area contributed by atoms with Gasteiger partial charge in [-0.05, 0) is 86.4 Å². The van der Waals surface area contributed by atoms with Crippen LogP contribution in [0.4, 0.5) is 0 Å². The lowest BCUT2D eigenvalue weighted by atomic mass is 9.99. The first-order valence-corrected chi connectivity index (χ1v) is 40.4. The summed E-state index contributed by atoms with van der Waals surface area (Å²) in [5.41, 5.74) is 1.26. The molecule has 608 valence electrons. The first-order chi connectivity index (χ1) is 46.9. The second-order valence-electron chi connectivity index (χ2n) is 27.8. The molecule has 18 atom stereocenters. The normalized spacial score (nSPS) is 25.6. The molecule has 4 aliphatic rings. The molecule has 9 N–H and O–H groups in total. The van der Waals surface area contributed by atoms with Crippen LogP contribution < -0.4 is 22.2 Å². The summed E-state index contributed by atoms with van der Waals surface area (Å²) in [6.45, 7) is 40.3. The van der Waals surface area contributed by atoms with Gasteiger partial charge in [0.15, 0.2) is 83.1 Å². The van der Waals surface area contributed by atoms with Crippen molar-refractivity contribution in [3.05, 3.63) is 90.0 Å². The van der Waals surface area contributed by atoms with Gasteiger partial charge in [0.05, 0.1) is 56.3 Å². The number of hydrogen-bond acceptors (Lipinski definition) is 24. The van der Waals surface area contributed by atoms with Gasteiger partial charge in [-0.1, -0.05) is 127 Å². The largest absolute Gasteiger partial charge is 0.695 e. The number of nitrogens with one attached hydrogen (secondary N) is 4. The number of aromatic amines is 4. The van der Waals surface area contributed by atoms with Crippen LogP contribution in [0.1, 0.15) is 209 Å². The predicted molar refractivity (Wildman–Crippen MR) is 425 cm³/mol. The molecule has 8 aromatic rings. The molecule has 0 bridgehead atoms. The Balaban J connectivity index is 0.000000680. The summed E-state index contributed by atoms with van der Waals surface area (Å²) in [5.74, 6) is 1.84. The van der Waals surface area contributed by atoms with E-state index in [1.165, 1.54) is 28.1 Å². The SMILES string of the molecule is C.C.C.C.C.C.C.CC(C)(C)[Si](C)(C)Cl.CC[C@H]1O[C@@H](n2cnc3c(=O)[nH]c(C)nc32)[C@@H](O)C1C.CC[C@H]1O[C@@H](n2cnc3c(=O)[nH]c(C)nc32)[C@@H](O)C1O.CC[C@H]1O[C@@H](n2cnc3c(=O)[nH]c(C)nc32)[C@@H](OP(C)N(C(C)C)C(C)C)C1C.Cc1nc2c(ncn2[C@@H]2O[C@H](CO)C(C)[C@@H]2O[P+](=O)O)c(=O)[nH]1. The fourth-order valence-corrected chi connectivity index (χ4v) is 15.0. The van der Waals surface area contributed by atoms with Gasteiger partial charge in [-0.15, -0.1) is 9.42 Å². The Morgan fingerprint density at radius 3 is 1.13 bits per heavy atom. The maximum atomic E-state index is 12.3. The van der Waals surface area contributed by atoms with Crippen molar-refractivity contribution < 1.29 is 57.9 Å². The molecule has 12 rings (SSSR count). The molecule has 0 saturated carbocycles. The van der Waals surface area contributed by atoms with Gasteiger partial charge >= 0.3 is 8.25 Å². The van der Waals surface area contributed by atoms with E-state index in [1.807, 2.05) is 25.3 Å². The average Bonchev–Trinajstić information content (AvgIpc) is 1.64. The van der Waals surface area contributed by atoms with Crippen molar-refractivity contribution >= 4 is 79.7 Å². The Morgan fingerprint density at radius 1 is 0.542 bits per heavy atom. The van der Waals surface area contributed by atoms with Gasteiger partial charge in [0.1, 0.15) is 56.0 Å². The third-order valence-corrected chi connectivity index (χ3v) is 26.6. The number of aliphatic hydroxyl groups is 4. The summed E-state index contributed by atoms with van der Waals surface area (Å²) >= 11 is 6.15. The van der Waals surface area contributed by atoms with E-state index in [0.717, 1.165) is 12.8 Å². The van der Waals surface area contributed by atoms with E-state index in [0.29, 0.717) is 69.3 Å². The second kappa shape index (κ2) is 40.8. The fraction of sp³-hybridized carbons (Fsp3) is 0.714. The van der Waals surface area contributed by atoms with Crippen LogP contribution in [0.15, 0.2) is 44.5 Å². The Morgan fingerprint density at radius 2 is 0.832 bits per heavy atom. The zero-order chi connectivity index (χ0) is 74.1. The van der Waals surface area contributed by atoms with Gasteiger partial charge in [-0.25, -0.2) is 39.9 Å². The summed E-state index contributed by atoms with van der Waals surface area (Å²) in [7, 11) is -5.05. The maximum absolute atomic E-state index is 12.3. The van der Waals surface area contributed by atoms with Crippen molar-refractivity contribution in [2.75, 3.05) is 13.3 Å². The molecule has 0 aromatic carbocycles. The van der Waals surface area contributed by atoms with Crippen molar-refractivity contribution in [2.24, 2.45) is 17.8 Å². The van der Waals surface area contributed by atoms with E-state index in [9.17, 15) is 44.2 Å². The van der Waals surface area contributed by atoms with Crippen LogP contribution >= 0.6 is 27.6 Å². The van der Waals surface area contributed by atoms with Crippen LogP contribution in [0, 0.1) is 45.4 Å². The Bertz CT molecular complexity index is 4220. The average molecular weight is 1590 g/mol. The number of rotatable bonds is 15. The molecule has 0 aliphatic carbocycles. The number of H-pyrrole nitrogens is 4. The van der Waals surface area contributed by atoms with Gasteiger partial charge in [0.2, 0.25) is 0 Å². The van der Waals surface area contributed by atoms with Crippen molar-refractivity contribution in [1.82, 2.24) is 82.7 Å². The van der Waals surface area contributed by atoms with Crippen LogP contribution in [-0.4, -0.2) is 196 Å². The highest BCUT2D eigenvalue weighted by Crippen LogP contribution is 2.50. The Kier molecular flexibility index (Phi) is 37.7. The number of imidazole rings is 4. The molecule has 107 heavy (non-hydrogen) atoms. The molecule has 4 aliphatic heterocycles. The molecular weight excluding hydrogens is 1460 g/mol. The lowest BCUT2D eigenvalue weighted by Crippen LogP contribution is -2.35. The molecule has 0 radical (unpaired) electrons. The molecule has 37 heteroatoms. The van der Waals surface area contributed by atoms with E-state index < -0.39 is 79.2 Å². The highest BCUT2D eigenvalue weighted by molar-refractivity contribution is 7.49. The van der Waals surface area contributed by atoms with Crippen LogP contribution in [0.25, 0.3) is 44.7 Å². The minimum atomic E-state index is -2.85. The van der Waals surface area contributed by atoms with Crippen molar-refractivity contribution in [3.8, 4) is 0 Å². The number of hydrogen-bond donors (Lipinski definition) is 9. The standard InChI is InChI=1S/C20H34N5O3P.C13H18N4O3.C12H15N4O6P.C12H16N4O4.C6H15ClSi.7CH4/c1-9-15-13(6)17(28-29(8)25(11(2)3)12(4)5)20(27-15)24-10-21-16-18(24)22-14(7)23-19(16)26;1-4-8-6(2)10(18)13(20-8)17-5-14-9-11(17)15-7(3)16-12(9)19;1-5-7(3-17)21-12(9(5)22-23(19)20)16-4-13-8-10(16)14-6(2)15-11(8)18;1-3-6-8(17)9(18)12(20-6)16-4-13-7-10(16)14-5(2)15-11(7)19;1-6(2,3)8(4,5)7;;;;;;;/h10-13,15,17,20H,9H2,1-8H3,(H,22,23,26);5-6,8,10,13,18H,4H2,1-3H3,(H,15,16,19);4-5,7,9,12,17H,3H2,1-2H3,(H-,14,15,18,19,20);4,6,8-9,12,17-18H,3H2,1-2H3,(H,14,15,19);1-5H3;7*1H4/p+1/t13?,15-,17+,20-,29?;6?,8-,10+,13-;5?,7-,9+,12-;6-,8?,9+,12-;;;;;;;;/m1111......../s1. The van der Waals surface area contributed by atoms with E-state index >= 15 is 0 Å². The third-order valence-electron chi connectivity index (χ3n) is 18.8. The summed E-state index contributed by atoms with van der Waals surface area (Å²) in [6.07, 6.45) is 1.12. The maximum Gasteiger partial charge on any atom is 0.695 e. The molecule has 12 heterocycles. The zero-order valence-corrected chi connectivity index (χ0v) is 63.9. The number of aryl methyl sites for hydroxylation is 4. The summed E-state index contributed by atoms with van der Waals surface area (Å²) in [4.78, 5) is 101. The van der Waals surface area contributed by atoms with Crippen molar-refractivity contribution in [1.29, 1.82) is 0 Å². The molecule has 0 amide bonds. The van der Waals surface area contributed by atoms with E-state index in [2.05, 4.69) is 147 Å². The van der Waals surface area contributed by atoms with Gasteiger partial charge in [-0.2, -0.15) is 11.1 Å². The second-order valence-corrected chi connectivity index (χ2v) is 37.3. The van der Waals surface area contributed by atoms with Gasteiger partial charge < -0.3 is 63.8 Å². The molecule has 0 spiro atoms. The van der Waals surface area contributed by atoms with E-state index in [4.69, 9.17) is 44.0 Å². The van der Waals surface area contributed by atoms with Crippen LogP contribution in [0.5, 0.6) is 0 Å². The number of fused-ring (bicyclic) bond motifs is 4. The Labute approximate surface area is 637 Å². The molecule has 6 unspecified atom stereocenters. The number of nitrogens with zero attached hydrogens (tertiary/aromatic N) is 13. The van der Waals surface area contributed by atoms with Crippen LogP contribution in [0.2, 0.25) is 18.1 Å². The first kappa shape index (κ1) is 99.0. The molecule has 8 aromatic heterocycles. The first-order valence-electron chi connectivity index (χ1n) is 33.6. The third kappa shape index (κ3) is 21.6. The minimum absolute atomic E-state index is 0. The molecule has 4 fully saturated rings. The summed E-state index contributed by atoms with van der Waals surface area (Å²) in [6, 6.07) is 0.780. The smallest absolute Gasteiger partial charge is 0.394 e. The molecule has 4 saturated heterocycles. The molecular formula is C70H127ClN17O16P2Si+. The van der Waals surface area contributed by atoms with Crippen molar-refractivity contribution in [2.45, 2.75) is 299 Å². The van der Waals surface area contributed by atoms with Gasteiger partial charge in [0.25, 0.3) is 22.2 Å². The summed E-state index contributed by atoms with van der Waals surface area (Å²) < 4.78 is 55.4. The zero-order valence-electron chi connectivity index (χ0n) is 60.3. The van der Waals surface area contributed by atoms with Crippen molar-refractivity contribution in [3.63, 3.8) is 0 Å². The monoisotopic (exact) mass is 1590 g/mol. The van der Waals surface area contributed by atoms with Gasteiger partial charge in [-0.3, -0.25) is 42.1 Å². The quantitative estimate of drug-likeness (QED) is 0.0261. The highest BCUT2D eigenvalue weighted by atomic mass is 35.6. The van der Waals surface area contributed by atoms with Crippen LogP contribution in [-0.2, 0) is 32.6 Å². The van der Waals surface area contributed by atoms with E-state index in [-0.39, 0.29) is 145 Å².